The normalized spacial score (nSPS) is 11.1. The average Bonchev–Trinajstić information content (AvgIpc) is 2.68. The Morgan fingerprint density at radius 3 is 2.18 bits per heavy atom. The number of nitrogens with one attached hydrogen (secondary N) is 2. The van der Waals surface area contributed by atoms with Crippen molar-refractivity contribution >= 4 is 23.1 Å². The topological polar surface area (TPSA) is 54.0 Å². The van der Waals surface area contributed by atoms with Crippen LogP contribution in [-0.2, 0) is 17.4 Å². The minimum atomic E-state index is -4.36. The van der Waals surface area contributed by atoms with Crippen LogP contribution in [-0.4, -0.2) is 10.9 Å². The van der Waals surface area contributed by atoms with Crippen molar-refractivity contribution in [3.05, 3.63) is 84.1 Å². The second-order valence-corrected chi connectivity index (χ2v) is 6.17. The van der Waals surface area contributed by atoms with Crippen LogP contribution in [0.25, 0.3) is 0 Å². The fourth-order valence-corrected chi connectivity index (χ4v) is 2.56. The van der Waals surface area contributed by atoms with Gasteiger partial charge >= 0.3 is 6.18 Å². The van der Waals surface area contributed by atoms with Gasteiger partial charge in [-0.3, -0.25) is 4.79 Å². The molecule has 0 aliphatic carbocycles. The van der Waals surface area contributed by atoms with E-state index in [1.807, 2.05) is 30.3 Å². The number of hydrogen-bond donors (Lipinski definition) is 2. The molecule has 2 N–H and O–H groups in total. The zero-order chi connectivity index (χ0) is 20.0. The Hall–Kier alpha value is -3.35. The van der Waals surface area contributed by atoms with E-state index in [0.29, 0.717) is 30.0 Å². The number of benzene rings is 2. The van der Waals surface area contributed by atoms with Crippen LogP contribution >= 0.6 is 0 Å². The van der Waals surface area contributed by atoms with Gasteiger partial charge in [0.25, 0.3) is 0 Å². The maximum atomic E-state index is 12.6. The summed E-state index contributed by atoms with van der Waals surface area (Å²) in [6.07, 6.45) is -1.87. The number of pyridine rings is 1. The standard InChI is InChI=1S/C21H18F3N3O/c22-21(23,24)16-7-9-17(10-8-16)26-19-12-11-18(14-25-19)27-20(28)13-6-15-4-2-1-3-5-15/h1-5,7-12,14H,6,13H2,(H,25,26)(H,27,28). The fourth-order valence-electron chi connectivity index (χ4n) is 2.56. The van der Waals surface area contributed by atoms with Crippen LogP contribution < -0.4 is 10.6 Å². The molecule has 7 heteroatoms. The van der Waals surface area contributed by atoms with E-state index in [9.17, 15) is 18.0 Å². The highest BCUT2D eigenvalue weighted by molar-refractivity contribution is 5.90. The third-order valence-electron chi connectivity index (χ3n) is 4.02. The quantitative estimate of drug-likeness (QED) is 0.596. The number of hydrogen-bond acceptors (Lipinski definition) is 3. The molecule has 0 fully saturated rings. The van der Waals surface area contributed by atoms with Crippen molar-refractivity contribution in [3.8, 4) is 0 Å². The predicted octanol–water partition coefficient (Wildman–Crippen LogP) is 5.42. The summed E-state index contributed by atoms with van der Waals surface area (Å²) in [6, 6.07) is 17.7. The van der Waals surface area contributed by atoms with Gasteiger partial charge in [-0.2, -0.15) is 13.2 Å². The van der Waals surface area contributed by atoms with Gasteiger partial charge < -0.3 is 10.6 Å². The number of carbonyl (C=O) groups excluding carboxylic acids is 1. The average molecular weight is 385 g/mol. The Morgan fingerprint density at radius 2 is 1.57 bits per heavy atom. The molecule has 3 aromatic rings. The summed E-state index contributed by atoms with van der Waals surface area (Å²) < 4.78 is 37.7. The smallest absolute Gasteiger partial charge is 0.340 e. The molecule has 2 aromatic carbocycles. The molecule has 1 heterocycles. The number of aromatic nitrogens is 1. The third-order valence-corrected chi connectivity index (χ3v) is 4.02. The highest BCUT2D eigenvalue weighted by Crippen LogP contribution is 2.30. The van der Waals surface area contributed by atoms with E-state index in [2.05, 4.69) is 15.6 Å². The number of aryl methyl sites for hydroxylation is 1. The Morgan fingerprint density at radius 1 is 0.893 bits per heavy atom. The molecule has 1 aromatic heterocycles. The number of carbonyl (C=O) groups is 1. The lowest BCUT2D eigenvalue weighted by atomic mass is 10.1. The van der Waals surface area contributed by atoms with Gasteiger partial charge in [0.2, 0.25) is 5.91 Å². The van der Waals surface area contributed by atoms with Crippen molar-refractivity contribution in [2.24, 2.45) is 0 Å². The summed E-state index contributed by atoms with van der Waals surface area (Å²) in [5.74, 6) is 0.344. The number of nitrogens with zero attached hydrogens (tertiary/aromatic N) is 1. The first-order chi connectivity index (χ1) is 13.4. The SMILES string of the molecule is O=C(CCc1ccccc1)Nc1ccc(Nc2ccc(C(F)(F)F)cc2)nc1. The first-order valence-corrected chi connectivity index (χ1v) is 8.64. The monoisotopic (exact) mass is 385 g/mol. The predicted molar refractivity (Wildman–Crippen MR) is 102 cm³/mol. The van der Waals surface area contributed by atoms with Crippen molar-refractivity contribution in [3.63, 3.8) is 0 Å². The molecule has 0 spiro atoms. The molecule has 144 valence electrons. The van der Waals surface area contributed by atoms with Crippen LogP contribution in [0, 0.1) is 0 Å². The number of alkyl halides is 3. The second-order valence-electron chi connectivity index (χ2n) is 6.17. The third kappa shape index (κ3) is 5.57. The molecular weight excluding hydrogens is 367 g/mol. The zero-order valence-electron chi connectivity index (χ0n) is 14.8. The van der Waals surface area contributed by atoms with Gasteiger partial charge in [0.1, 0.15) is 5.82 Å². The van der Waals surface area contributed by atoms with E-state index in [-0.39, 0.29) is 5.91 Å². The highest BCUT2D eigenvalue weighted by atomic mass is 19.4. The van der Waals surface area contributed by atoms with Gasteiger partial charge in [-0.1, -0.05) is 30.3 Å². The highest BCUT2D eigenvalue weighted by Gasteiger charge is 2.29. The first-order valence-electron chi connectivity index (χ1n) is 8.64. The minimum Gasteiger partial charge on any atom is -0.340 e. The van der Waals surface area contributed by atoms with Crippen molar-refractivity contribution in [1.82, 2.24) is 4.98 Å². The second kappa shape index (κ2) is 8.56. The van der Waals surface area contributed by atoms with Crippen LogP contribution in [0.2, 0.25) is 0 Å². The molecule has 0 unspecified atom stereocenters. The Bertz CT molecular complexity index is 908. The van der Waals surface area contributed by atoms with Crippen LogP contribution in [0.3, 0.4) is 0 Å². The van der Waals surface area contributed by atoms with Crippen LogP contribution in [0.1, 0.15) is 17.5 Å². The fraction of sp³-hybridized carbons (Fsp3) is 0.143. The van der Waals surface area contributed by atoms with Gasteiger partial charge in [-0.25, -0.2) is 4.98 Å². The van der Waals surface area contributed by atoms with E-state index < -0.39 is 11.7 Å². The largest absolute Gasteiger partial charge is 0.416 e. The van der Waals surface area contributed by atoms with E-state index in [0.717, 1.165) is 17.7 Å². The molecule has 28 heavy (non-hydrogen) atoms. The van der Waals surface area contributed by atoms with Crippen molar-refractivity contribution in [2.45, 2.75) is 19.0 Å². The lowest BCUT2D eigenvalue weighted by molar-refractivity contribution is -0.137. The summed E-state index contributed by atoms with van der Waals surface area (Å²) in [4.78, 5) is 16.2. The van der Waals surface area contributed by atoms with Gasteiger partial charge in [0.05, 0.1) is 17.4 Å². The lowest BCUT2D eigenvalue weighted by Crippen LogP contribution is -2.12. The summed E-state index contributed by atoms with van der Waals surface area (Å²) in [5.41, 5.74) is 1.42. The summed E-state index contributed by atoms with van der Waals surface area (Å²) >= 11 is 0. The van der Waals surface area contributed by atoms with Crippen molar-refractivity contribution < 1.29 is 18.0 Å². The Balaban J connectivity index is 1.52. The van der Waals surface area contributed by atoms with Crippen molar-refractivity contribution in [1.29, 1.82) is 0 Å². The summed E-state index contributed by atoms with van der Waals surface area (Å²) in [6.45, 7) is 0. The van der Waals surface area contributed by atoms with Gasteiger partial charge in [-0.15, -0.1) is 0 Å². The molecule has 1 amide bonds. The van der Waals surface area contributed by atoms with Gasteiger partial charge in [-0.05, 0) is 48.4 Å². The van der Waals surface area contributed by atoms with E-state index in [4.69, 9.17) is 0 Å². The van der Waals surface area contributed by atoms with Crippen LogP contribution in [0.5, 0.6) is 0 Å². The summed E-state index contributed by atoms with van der Waals surface area (Å²) in [5, 5.41) is 5.69. The number of anilines is 3. The summed E-state index contributed by atoms with van der Waals surface area (Å²) in [7, 11) is 0. The molecule has 0 radical (unpaired) electrons. The van der Waals surface area contributed by atoms with E-state index >= 15 is 0 Å². The minimum absolute atomic E-state index is 0.117. The Kier molecular flexibility index (Phi) is 5.93. The maximum absolute atomic E-state index is 12.6. The molecule has 0 aliphatic rings. The molecule has 0 saturated carbocycles. The maximum Gasteiger partial charge on any atom is 0.416 e. The molecule has 3 rings (SSSR count). The first kappa shape index (κ1) is 19.4. The lowest BCUT2D eigenvalue weighted by Gasteiger charge is -2.10. The van der Waals surface area contributed by atoms with Crippen LogP contribution in [0.4, 0.5) is 30.4 Å². The molecule has 4 nitrogen and oxygen atoms in total. The number of rotatable bonds is 6. The zero-order valence-corrected chi connectivity index (χ0v) is 14.8. The number of amides is 1. The molecule has 0 aliphatic heterocycles. The molecule has 0 saturated heterocycles. The van der Waals surface area contributed by atoms with Crippen molar-refractivity contribution in [2.75, 3.05) is 10.6 Å². The molecule has 0 bridgehead atoms. The molecule has 0 atom stereocenters. The Labute approximate surface area is 160 Å². The van der Waals surface area contributed by atoms with E-state index in [1.54, 1.807) is 12.1 Å². The van der Waals surface area contributed by atoms with E-state index in [1.165, 1.54) is 18.3 Å². The van der Waals surface area contributed by atoms with Gasteiger partial charge in [0.15, 0.2) is 0 Å². The number of halogens is 3. The van der Waals surface area contributed by atoms with Gasteiger partial charge in [0, 0.05) is 12.1 Å². The van der Waals surface area contributed by atoms with Crippen LogP contribution in [0.15, 0.2) is 72.9 Å². The molecular formula is C21H18F3N3O.